The zero-order valence-electron chi connectivity index (χ0n) is 32.6. The summed E-state index contributed by atoms with van der Waals surface area (Å²) in [5.41, 5.74) is 17.5. The van der Waals surface area contributed by atoms with Crippen LogP contribution in [0.4, 0.5) is 17.1 Å². The summed E-state index contributed by atoms with van der Waals surface area (Å²) in [5, 5.41) is 2.50. The standard InChI is InChI=1S/C58H41N/c1-4-17-42(18-5-1)44-31-36-49(37-32-44)59(50-38-33-47(34-39-50)52-29-16-24-46-23-10-11-25-51(46)52)58-30-15-14-28-56(58)55-40-35-48(43-19-6-2-7-20-43)41-57(55)54-27-13-12-26-53(54)45-21-8-3-9-22-45/h1-41H. The lowest BCUT2D eigenvalue weighted by molar-refractivity contribution is 1.28. The van der Waals surface area contributed by atoms with Crippen LogP contribution in [0.3, 0.4) is 0 Å². The molecule has 1 nitrogen and oxygen atoms in total. The number of hydrogen-bond acceptors (Lipinski definition) is 1. The molecule has 0 bridgehead atoms. The third-order valence-electron chi connectivity index (χ3n) is 11.3. The van der Waals surface area contributed by atoms with Gasteiger partial charge < -0.3 is 4.90 Å². The van der Waals surface area contributed by atoms with E-state index >= 15 is 0 Å². The van der Waals surface area contributed by atoms with Crippen molar-refractivity contribution < 1.29 is 0 Å². The molecule has 278 valence electrons. The van der Waals surface area contributed by atoms with Crippen molar-refractivity contribution in [1.82, 2.24) is 0 Å². The number of rotatable bonds is 9. The smallest absolute Gasteiger partial charge is 0.0540 e. The first-order valence-electron chi connectivity index (χ1n) is 20.3. The Kier molecular flexibility index (Phi) is 9.68. The molecule has 0 aliphatic heterocycles. The minimum Gasteiger partial charge on any atom is -0.310 e. The van der Waals surface area contributed by atoms with E-state index in [0.717, 1.165) is 22.6 Å². The number of hydrogen-bond donors (Lipinski definition) is 0. The van der Waals surface area contributed by atoms with Crippen LogP contribution < -0.4 is 4.90 Å². The van der Waals surface area contributed by atoms with Gasteiger partial charge in [-0.2, -0.15) is 0 Å². The highest BCUT2D eigenvalue weighted by Gasteiger charge is 2.21. The van der Waals surface area contributed by atoms with Gasteiger partial charge in [0.05, 0.1) is 5.69 Å². The molecule has 0 N–H and O–H groups in total. The van der Waals surface area contributed by atoms with Gasteiger partial charge in [0.1, 0.15) is 0 Å². The second-order valence-corrected chi connectivity index (χ2v) is 14.9. The number of anilines is 3. The van der Waals surface area contributed by atoms with Crippen LogP contribution in [0.15, 0.2) is 249 Å². The molecule has 0 aliphatic carbocycles. The Hall–Kier alpha value is -7.74. The Balaban J connectivity index is 1.16. The number of fused-ring (bicyclic) bond motifs is 1. The molecular formula is C58H41N. The molecule has 10 aromatic rings. The summed E-state index contributed by atoms with van der Waals surface area (Å²) in [4.78, 5) is 2.41. The minimum atomic E-state index is 1.08. The van der Waals surface area contributed by atoms with Crippen LogP contribution in [0.2, 0.25) is 0 Å². The van der Waals surface area contributed by atoms with Crippen molar-refractivity contribution in [2.75, 3.05) is 4.90 Å². The molecule has 0 aromatic heterocycles. The molecule has 0 saturated carbocycles. The average molecular weight is 752 g/mol. The largest absolute Gasteiger partial charge is 0.310 e. The van der Waals surface area contributed by atoms with E-state index < -0.39 is 0 Å². The molecule has 0 saturated heterocycles. The molecule has 0 unspecified atom stereocenters. The van der Waals surface area contributed by atoms with Gasteiger partial charge in [0.15, 0.2) is 0 Å². The fraction of sp³-hybridized carbons (Fsp3) is 0. The van der Waals surface area contributed by atoms with E-state index in [0.29, 0.717) is 0 Å². The number of para-hydroxylation sites is 1. The summed E-state index contributed by atoms with van der Waals surface area (Å²) in [7, 11) is 0. The second kappa shape index (κ2) is 16.0. The van der Waals surface area contributed by atoms with Crippen LogP contribution in [-0.2, 0) is 0 Å². The predicted octanol–water partition coefficient (Wildman–Crippen LogP) is 16.3. The van der Waals surface area contributed by atoms with E-state index in [1.54, 1.807) is 0 Å². The quantitative estimate of drug-likeness (QED) is 0.142. The van der Waals surface area contributed by atoms with Crippen LogP contribution in [0.25, 0.3) is 77.5 Å². The Morgan fingerprint density at radius 3 is 1.32 bits per heavy atom. The summed E-state index contributed by atoms with van der Waals surface area (Å²) < 4.78 is 0. The summed E-state index contributed by atoms with van der Waals surface area (Å²) in [5.74, 6) is 0. The molecule has 0 radical (unpaired) electrons. The van der Waals surface area contributed by atoms with Gasteiger partial charge in [-0.05, 0) is 108 Å². The molecule has 0 fully saturated rings. The van der Waals surface area contributed by atoms with Crippen LogP contribution in [0, 0.1) is 0 Å². The maximum absolute atomic E-state index is 2.41. The maximum Gasteiger partial charge on any atom is 0.0540 e. The van der Waals surface area contributed by atoms with Crippen molar-refractivity contribution in [1.29, 1.82) is 0 Å². The normalized spacial score (nSPS) is 11.1. The van der Waals surface area contributed by atoms with Crippen molar-refractivity contribution in [3.63, 3.8) is 0 Å². The van der Waals surface area contributed by atoms with Crippen molar-refractivity contribution in [2.24, 2.45) is 0 Å². The monoisotopic (exact) mass is 751 g/mol. The van der Waals surface area contributed by atoms with Gasteiger partial charge in [-0.1, -0.05) is 212 Å². The number of benzene rings is 10. The Bertz CT molecular complexity index is 3000. The van der Waals surface area contributed by atoms with Gasteiger partial charge >= 0.3 is 0 Å². The second-order valence-electron chi connectivity index (χ2n) is 14.9. The van der Waals surface area contributed by atoms with E-state index in [9.17, 15) is 0 Å². The van der Waals surface area contributed by atoms with Crippen molar-refractivity contribution in [2.45, 2.75) is 0 Å². The van der Waals surface area contributed by atoms with E-state index in [4.69, 9.17) is 0 Å². The molecule has 0 atom stereocenters. The third-order valence-corrected chi connectivity index (χ3v) is 11.3. The summed E-state index contributed by atoms with van der Waals surface area (Å²) in [6.45, 7) is 0. The zero-order valence-corrected chi connectivity index (χ0v) is 32.6. The van der Waals surface area contributed by atoms with E-state index in [2.05, 4.69) is 254 Å². The molecular weight excluding hydrogens is 711 g/mol. The van der Waals surface area contributed by atoms with Crippen LogP contribution in [0.1, 0.15) is 0 Å². The van der Waals surface area contributed by atoms with Gasteiger partial charge in [0, 0.05) is 16.9 Å². The third kappa shape index (κ3) is 7.12. The number of nitrogens with zero attached hydrogens (tertiary/aromatic N) is 1. The Morgan fingerprint density at radius 1 is 0.220 bits per heavy atom. The Morgan fingerprint density at radius 2 is 0.644 bits per heavy atom. The average Bonchev–Trinajstić information content (AvgIpc) is 3.33. The van der Waals surface area contributed by atoms with Crippen molar-refractivity contribution in [3.05, 3.63) is 249 Å². The van der Waals surface area contributed by atoms with Gasteiger partial charge in [0.2, 0.25) is 0 Å². The molecule has 0 amide bonds. The predicted molar refractivity (Wildman–Crippen MR) is 251 cm³/mol. The van der Waals surface area contributed by atoms with Gasteiger partial charge in [-0.3, -0.25) is 0 Å². The van der Waals surface area contributed by atoms with Crippen molar-refractivity contribution >= 4 is 27.8 Å². The molecule has 1 heteroatoms. The first-order valence-corrected chi connectivity index (χ1v) is 20.3. The lowest BCUT2D eigenvalue weighted by Gasteiger charge is -2.29. The zero-order chi connectivity index (χ0) is 39.4. The maximum atomic E-state index is 2.41. The highest BCUT2D eigenvalue weighted by molar-refractivity contribution is 6.00. The SMILES string of the molecule is c1ccc(-c2ccc(N(c3ccc(-c4cccc5ccccc45)cc3)c3ccccc3-c3ccc(-c4ccccc4)cc3-c3ccccc3-c3ccccc3)cc2)cc1. The van der Waals surface area contributed by atoms with Gasteiger partial charge in [0.25, 0.3) is 0 Å². The Labute approximate surface area is 346 Å². The molecule has 10 aromatic carbocycles. The molecule has 0 aliphatic rings. The molecule has 0 heterocycles. The molecule has 59 heavy (non-hydrogen) atoms. The highest BCUT2D eigenvalue weighted by Crippen LogP contribution is 2.47. The highest BCUT2D eigenvalue weighted by atomic mass is 15.1. The lowest BCUT2D eigenvalue weighted by atomic mass is 9.86. The lowest BCUT2D eigenvalue weighted by Crippen LogP contribution is -2.11. The van der Waals surface area contributed by atoms with Crippen LogP contribution >= 0.6 is 0 Å². The topological polar surface area (TPSA) is 3.24 Å². The summed E-state index contributed by atoms with van der Waals surface area (Å²) in [6.07, 6.45) is 0. The van der Waals surface area contributed by atoms with E-state index in [1.807, 2.05) is 0 Å². The molecule has 0 spiro atoms. The van der Waals surface area contributed by atoms with E-state index in [1.165, 1.54) is 72.0 Å². The fourth-order valence-corrected chi connectivity index (χ4v) is 8.42. The summed E-state index contributed by atoms with van der Waals surface area (Å²) >= 11 is 0. The van der Waals surface area contributed by atoms with E-state index in [-0.39, 0.29) is 0 Å². The minimum absolute atomic E-state index is 1.08. The fourth-order valence-electron chi connectivity index (χ4n) is 8.42. The molecule has 10 rings (SSSR count). The first kappa shape index (κ1) is 35.7. The van der Waals surface area contributed by atoms with Gasteiger partial charge in [-0.25, -0.2) is 0 Å². The first-order chi connectivity index (χ1) is 29.3. The van der Waals surface area contributed by atoms with Crippen molar-refractivity contribution in [3.8, 4) is 66.8 Å². The van der Waals surface area contributed by atoms with Crippen LogP contribution in [-0.4, -0.2) is 0 Å². The summed E-state index contributed by atoms with van der Waals surface area (Å²) in [6, 6.07) is 89.9. The van der Waals surface area contributed by atoms with Gasteiger partial charge in [-0.15, -0.1) is 0 Å². The van der Waals surface area contributed by atoms with Crippen LogP contribution in [0.5, 0.6) is 0 Å².